The van der Waals surface area contributed by atoms with Crippen LogP contribution in [0.25, 0.3) is 0 Å². The van der Waals surface area contributed by atoms with E-state index in [0.717, 1.165) is 50.3 Å². The maximum absolute atomic E-state index is 13.8. The zero-order chi connectivity index (χ0) is 16.1. The van der Waals surface area contributed by atoms with Crippen molar-refractivity contribution >= 4 is 0 Å². The minimum atomic E-state index is -0.194. The summed E-state index contributed by atoms with van der Waals surface area (Å²) in [5.41, 5.74) is 1.90. The number of nitrogens with zero attached hydrogens (tertiary/aromatic N) is 2. The summed E-state index contributed by atoms with van der Waals surface area (Å²) in [4.78, 5) is 4.69. The highest BCUT2D eigenvalue weighted by Gasteiger charge is 2.16. The van der Waals surface area contributed by atoms with Crippen molar-refractivity contribution in [2.24, 2.45) is 0 Å². The second-order valence-corrected chi connectivity index (χ2v) is 6.12. The van der Waals surface area contributed by atoms with E-state index in [1.165, 1.54) is 18.2 Å². The van der Waals surface area contributed by atoms with Crippen LogP contribution in [0.1, 0.15) is 17.5 Å². The van der Waals surface area contributed by atoms with Crippen molar-refractivity contribution in [2.45, 2.75) is 19.5 Å². The lowest BCUT2D eigenvalue weighted by molar-refractivity contribution is 0.245. The lowest BCUT2D eigenvalue weighted by atomic mass is 10.2. The summed E-state index contributed by atoms with van der Waals surface area (Å²) in [6.45, 7) is 5.38. The molecule has 0 spiro atoms. The van der Waals surface area contributed by atoms with Crippen LogP contribution in [-0.4, -0.2) is 36.0 Å². The fraction of sp³-hybridized carbons (Fsp3) is 0.368. The maximum Gasteiger partial charge on any atom is 0.127 e. The standard InChI is InChI=1S/C19H22F2N2/c20-18-8-6-16(7-9-18)14-22-10-3-11-23(13-12-22)15-17-4-1-2-5-19(17)21/h1-2,4-9H,3,10-15H2. The molecular formula is C19H22F2N2. The van der Waals surface area contributed by atoms with Crippen LogP contribution in [0.4, 0.5) is 8.78 Å². The van der Waals surface area contributed by atoms with Gasteiger partial charge in [0.05, 0.1) is 0 Å². The third-order valence-corrected chi connectivity index (χ3v) is 4.35. The number of hydrogen-bond acceptors (Lipinski definition) is 2. The van der Waals surface area contributed by atoms with Crippen molar-refractivity contribution in [2.75, 3.05) is 26.2 Å². The van der Waals surface area contributed by atoms with Crippen molar-refractivity contribution < 1.29 is 8.78 Å². The van der Waals surface area contributed by atoms with Gasteiger partial charge in [-0.1, -0.05) is 30.3 Å². The van der Waals surface area contributed by atoms with Gasteiger partial charge in [-0.05, 0) is 43.3 Å². The molecule has 0 radical (unpaired) electrons. The highest BCUT2D eigenvalue weighted by molar-refractivity contribution is 5.17. The van der Waals surface area contributed by atoms with E-state index < -0.39 is 0 Å². The summed E-state index contributed by atoms with van der Waals surface area (Å²) in [7, 11) is 0. The van der Waals surface area contributed by atoms with Gasteiger partial charge in [0.1, 0.15) is 11.6 Å². The minimum absolute atomic E-state index is 0.125. The van der Waals surface area contributed by atoms with E-state index in [2.05, 4.69) is 9.80 Å². The number of halogens is 2. The quantitative estimate of drug-likeness (QED) is 0.849. The SMILES string of the molecule is Fc1ccc(CN2CCCN(Cc3ccccc3F)CC2)cc1. The molecule has 122 valence electrons. The molecule has 0 amide bonds. The molecule has 1 fully saturated rings. The highest BCUT2D eigenvalue weighted by Crippen LogP contribution is 2.14. The van der Waals surface area contributed by atoms with Gasteiger partial charge in [0, 0.05) is 31.7 Å². The molecule has 2 nitrogen and oxygen atoms in total. The van der Waals surface area contributed by atoms with Crippen LogP contribution in [0, 0.1) is 11.6 Å². The molecule has 2 aromatic carbocycles. The lowest BCUT2D eigenvalue weighted by Crippen LogP contribution is -2.30. The van der Waals surface area contributed by atoms with E-state index in [4.69, 9.17) is 0 Å². The van der Waals surface area contributed by atoms with E-state index >= 15 is 0 Å². The molecule has 1 aliphatic heterocycles. The Morgan fingerprint density at radius 3 is 2.09 bits per heavy atom. The molecule has 4 heteroatoms. The molecule has 1 saturated heterocycles. The molecule has 3 rings (SSSR count). The van der Waals surface area contributed by atoms with Crippen molar-refractivity contribution in [3.05, 3.63) is 71.3 Å². The monoisotopic (exact) mass is 316 g/mol. The zero-order valence-electron chi connectivity index (χ0n) is 13.2. The van der Waals surface area contributed by atoms with Crippen molar-refractivity contribution in [3.63, 3.8) is 0 Å². The molecule has 23 heavy (non-hydrogen) atoms. The van der Waals surface area contributed by atoms with Crippen LogP contribution < -0.4 is 0 Å². The van der Waals surface area contributed by atoms with Crippen LogP contribution in [0.2, 0.25) is 0 Å². The maximum atomic E-state index is 13.8. The second-order valence-electron chi connectivity index (χ2n) is 6.12. The van der Waals surface area contributed by atoms with E-state index in [1.54, 1.807) is 6.07 Å². The first kappa shape index (κ1) is 16.1. The van der Waals surface area contributed by atoms with Crippen molar-refractivity contribution in [3.8, 4) is 0 Å². The van der Waals surface area contributed by atoms with Gasteiger partial charge in [0.2, 0.25) is 0 Å². The average Bonchev–Trinajstić information content (AvgIpc) is 2.77. The Balaban J connectivity index is 1.55. The van der Waals surface area contributed by atoms with Gasteiger partial charge in [0.25, 0.3) is 0 Å². The molecule has 1 aliphatic rings. The van der Waals surface area contributed by atoms with Crippen LogP contribution >= 0.6 is 0 Å². The van der Waals surface area contributed by atoms with Gasteiger partial charge in [0.15, 0.2) is 0 Å². The number of benzene rings is 2. The van der Waals surface area contributed by atoms with Gasteiger partial charge in [-0.2, -0.15) is 0 Å². The first-order chi connectivity index (χ1) is 11.2. The van der Waals surface area contributed by atoms with Gasteiger partial charge >= 0.3 is 0 Å². The smallest absolute Gasteiger partial charge is 0.127 e. The third kappa shape index (κ3) is 4.60. The van der Waals surface area contributed by atoms with Gasteiger partial charge in [-0.15, -0.1) is 0 Å². The minimum Gasteiger partial charge on any atom is -0.298 e. The Morgan fingerprint density at radius 1 is 0.739 bits per heavy atom. The third-order valence-electron chi connectivity index (χ3n) is 4.35. The van der Waals surface area contributed by atoms with Gasteiger partial charge in [-0.3, -0.25) is 9.80 Å². The first-order valence-corrected chi connectivity index (χ1v) is 8.13. The van der Waals surface area contributed by atoms with Crippen LogP contribution in [0.3, 0.4) is 0 Å². The molecule has 2 aromatic rings. The molecule has 0 unspecified atom stereocenters. The summed E-state index contributed by atoms with van der Waals surface area (Å²) >= 11 is 0. The summed E-state index contributed by atoms with van der Waals surface area (Å²) in [5.74, 6) is -0.319. The highest BCUT2D eigenvalue weighted by atomic mass is 19.1. The largest absolute Gasteiger partial charge is 0.298 e. The molecule has 0 aromatic heterocycles. The Hall–Kier alpha value is -1.78. The summed E-state index contributed by atoms with van der Waals surface area (Å²) in [6, 6.07) is 13.7. The van der Waals surface area contributed by atoms with Crippen LogP contribution in [-0.2, 0) is 13.1 Å². The molecule has 0 saturated carbocycles. The summed E-state index contributed by atoms with van der Waals surface area (Å²) in [5, 5.41) is 0. The Labute approximate surface area is 136 Å². The number of hydrogen-bond donors (Lipinski definition) is 0. The topological polar surface area (TPSA) is 6.48 Å². The van der Waals surface area contributed by atoms with Gasteiger partial charge < -0.3 is 0 Å². The van der Waals surface area contributed by atoms with Crippen molar-refractivity contribution in [1.82, 2.24) is 9.80 Å². The van der Waals surface area contributed by atoms with Crippen molar-refractivity contribution in [1.29, 1.82) is 0 Å². The predicted molar refractivity (Wildman–Crippen MR) is 88.0 cm³/mol. The van der Waals surface area contributed by atoms with Gasteiger partial charge in [-0.25, -0.2) is 8.78 Å². The van der Waals surface area contributed by atoms with E-state index in [-0.39, 0.29) is 11.6 Å². The molecule has 0 N–H and O–H groups in total. The fourth-order valence-electron chi connectivity index (χ4n) is 3.06. The van der Waals surface area contributed by atoms with E-state index in [9.17, 15) is 8.78 Å². The Bertz CT molecular complexity index is 628. The normalized spacial score (nSPS) is 17.1. The Kier molecular flexibility index (Phi) is 5.36. The molecule has 0 aliphatic carbocycles. The van der Waals surface area contributed by atoms with Crippen LogP contribution in [0.5, 0.6) is 0 Å². The second kappa shape index (κ2) is 7.66. The summed E-state index contributed by atoms with van der Waals surface area (Å²) < 4.78 is 26.7. The lowest BCUT2D eigenvalue weighted by Gasteiger charge is -2.22. The fourth-order valence-corrected chi connectivity index (χ4v) is 3.06. The molecule has 0 bridgehead atoms. The van der Waals surface area contributed by atoms with E-state index in [0.29, 0.717) is 6.54 Å². The summed E-state index contributed by atoms with van der Waals surface area (Å²) in [6.07, 6.45) is 1.07. The Morgan fingerprint density at radius 2 is 1.39 bits per heavy atom. The average molecular weight is 316 g/mol. The molecular weight excluding hydrogens is 294 g/mol. The molecule has 0 atom stereocenters. The first-order valence-electron chi connectivity index (χ1n) is 8.13. The predicted octanol–water partition coefficient (Wildman–Crippen LogP) is 3.67. The number of rotatable bonds is 4. The van der Waals surface area contributed by atoms with E-state index in [1.807, 2.05) is 24.3 Å². The molecule has 1 heterocycles. The van der Waals surface area contributed by atoms with Crippen LogP contribution in [0.15, 0.2) is 48.5 Å². The zero-order valence-corrected chi connectivity index (χ0v) is 13.2.